The zero-order valence-corrected chi connectivity index (χ0v) is 12.4. The predicted octanol–water partition coefficient (Wildman–Crippen LogP) is 4.06. The molecule has 1 aromatic heterocycles. The molecule has 0 bridgehead atoms. The van der Waals surface area contributed by atoms with Gasteiger partial charge in [-0.05, 0) is 36.2 Å². The molecule has 2 N–H and O–H groups in total. The Kier molecular flexibility index (Phi) is 3.67. The van der Waals surface area contributed by atoms with E-state index in [0.29, 0.717) is 17.1 Å². The average molecular weight is 299 g/mol. The standard InChI is InChI=1S/C17H15ClN2O/c1-11-4-2-3-5-12(11)9-20-17(21)15-10-19-16-7-6-13(18)8-14(15)16/h2-8,10,19H,9H2,1H3,(H,20,21). The van der Waals surface area contributed by atoms with E-state index in [1.807, 2.05) is 37.3 Å². The topological polar surface area (TPSA) is 44.9 Å². The van der Waals surface area contributed by atoms with E-state index in [1.54, 1.807) is 18.3 Å². The van der Waals surface area contributed by atoms with Crippen LogP contribution in [0, 0.1) is 6.92 Å². The largest absolute Gasteiger partial charge is 0.360 e. The summed E-state index contributed by atoms with van der Waals surface area (Å²) in [6.07, 6.45) is 1.72. The second-order valence-electron chi connectivity index (χ2n) is 5.00. The fraction of sp³-hybridized carbons (Fsp3) is 0.118. The van der Waals surface area contributed by atoms with Gasteiger partial charge in [0.05, 0.1) is 5.56 Å². The van der Waals surface area contributed by atoms with Gasteiger partial charge in [0, 0.05) is 28.7 Å². The highest BCUT2D eigenvalue weighted by molar-refractivity contribution is 6.31. The third-order valence-corrected chi connectivity index (χ3v) is 3.82. The van der Waals surface area contributed by atoms with Gasteiger partial charge in [0.25, 0.3) is 5.91 Å². The number of nitrogens with one attached hydrogen (secondary N) is 2. The molecule has 0 saturated heterocycles. The number of carbonyl (C=O) groups excluding carboxylic acids is 1. The third kappa shape index (κ3) is 2.78. The van der Waals surface area contributed by atoms with Crippen molar-refractivity contribution in [2.45, 2.75) is 13.5 Å². The normalized spacial score (nSPS) is 10.8. The molecule has 0 fully saturated rings. The fourth-order valence-electron chi connectivity index (χ4n) is 2.36. The number of rotatable bonds is 3. The molecule has 3 aromatic rings. The van der Waals surface area contributed by atoms with Gasteiger partial charge in [-0.3, -0.25) is 4.79 Å². The lowest BCUT2D eigenvalue weighted by Crippen LogP contribution is -2.22. The highest BCUT2D eigenvalue weighted by atomic mass is 35.5. The quantitative estimate of drug-likeness (QED) is 0.752. The predicted molar refractivity (Wildman–Crippen MR) is 85.7 cm³/mol. The minimum atomic E-state index is -0.105. The van der Waals surface area contributed by atoms with Crippen molar-refractivity contribution in [1.82, 2.24) is 10.3 Å². The first-order chi connectivity index (χ1) is 10.1. The molecule has 1 amide bonds. The van der Waals surface area contributed by atoms with Crippen molar-refractivity contribution in [1.29, 1.82) is 0 Å². The van der Waals surface area contributed by atoms with Crippen molar-refractivity contribution in [3.05, 3.63) is 70.4 Å². The van der Waals surface area contributed by atoms with Crippen LogP contribution in [0.2, 0.25) is 5.02 Å². The average Bonchev–Trinajstić information content (AvgIpc) is 2.89. The van der Waals surface area contributed by atoms with E-state index in [2.05, 4.69) is 10.3 Å². The van der Waals surface area contributed by atoms with Gasteiger partial charge in [-0.2, -0.15) is 0 Å². The molecular weight excluding hydrogens is 284 g/mol. The van der Waals surface area contributed by atoms with Gasteiger partial charge >= 0.3 is 0 Å². The van der Waals surface area contributed by atoms with Crippen molar-refractivity contribution in [2.24, 2.45) is 0 Å². The number of carbonyl (C=O) groups is 1. The molecule has 1 heterocycles. The van der Waals surface area contributed by atoms with E-state index < -0.39 is 0 Å². The summed E-state index contributed by atoms with van der Waals surface area (Å²) in [5, 5.41) is 4.41. The minimum Gasteiger partial charge on any atom is -0.360 e. The van der Waals surface area contributed by atoms with Crippen LogP contribution in [0.5, 0.6) is 0 Å². The summed E-state index contributed by atoms with van der Waals surface area (Å²) in [4.78, 5) is 15.4. The molecule has 21 heavy (non-hydrogen) atoms. The van der Waals surface area contributed by atoms with Gasteiger partial charge < -0.3 is 10.3 Å². The molecule has 0 aliphatic heterocycles. The Morgan fingerprint density at radius 3 is 2.86 bits per heavy atom. The van der Waals surface area contributed by atoms with Gasteiger partial charge in [-0.1, -0.05) is 35.9 Å². The Morgan fingerprint density at radius 1 is 1.24 bits per heavy atom. The zero-order valence-electron chi connectivity index (χ0n) is 11.6. The summed E-state index contributed by atoms with van der Waals surface area (Å²) < 4.78 is 0. The first-order valence-electron chi connectivity index (χ1n) is 6.74. The number of aromatic nitrogens is 1. The summed E-state index contributed by atoms with van der Waals surface area (Å²) in [6, 6.07) is 13.5. The molecule has 3 nitrogen and oxygen atoms in total. The number of aryl methyl sites for hydroxylation is 1. The number of hydrogen-bond acceptors (Lipinski definition) is 1. The molecule has 0 spiro atoms. The molecule has 0 aliphatic rings. The van der Waals surface area contributed by atoms with Crippen LogP contribution in [0.15, 0.2) is 48.7 Å². The van der Waals surface area contributed by atoms with Crippen LogP contribution in [0.25, 0.3) is 10.9 Å². The van der Waals surface area contributed by atoms with Crippen molar-refractivity contribution in [3.8, 4) is 0 Å². The molecule has 2 aromatic carbocycles. The van der Waals surface area contributed by atoms with E-state index in [0.717, 1.165) is 16.5 Å². The summed E-state index contributed by atoms with van der Waals surface area (Å²) in [5.41, 5.74) is 3.80. The Balaban J connectivity index is 1.81. The van der Waals surface area contributed by atoms with Gasteiger partial charge in [-0.25, -0.2) is 0 Å². The second-order valence-corrected chi connectivity index (χ2v) is 5.44. The maximum Gasteiger partial charge on any atom is 0.253 e. The third-order valence-electron chi connectivity index (χ3n) is 3.59. The Bertz CT molecular complexity index is 807. The van der Waals surface area contributed by atoms with Gasteiger partial charge in [0.2, 0.25) is 0 Å². The maximum atomic E-state index is 12.3. The van der Waals surface area contributed by atoms with E-state index in [-0.39, 0.29) is 5.91 Å². The van der Waals surface area contributed by atoms with Crippen molar-refractivity contribution in [3.63, 3.8) is 0 Å². The van der Waals surface area contributed by atoms with Crippen LogP contribution >= 0.6 is 11.6 Å². The highest BCUT2D eigenvalue weighted by Crippen LogP contribution is 2.22. The van der Waals surface area contributed by atoms with E-state index in [1.165, 1.54) is 5.56 Å². The number of benzene rings is 2. The van der Waals surface area contributed by atoms with Crippen molar-refractivity contribution >= 4 is 28.4 Å². The molecule has 0 atom stereocenters. The number of amides is 1. The lowest BCUT2D eigenvalue weighted by Gasteiger charge is -2.07. The van der Waals surface area contributed by atoms with Crippen LogP contribution < -0.4 is 5.32 Å². The lowest BCUT2D eigenvalue weighted by atomic mass is 10.1. The first kappa shape index (κ1) is 13.7. The van der Waals surface area contributed by atoms with Gasteiger partial charge in [0.15, 0.2) is 0 Å². The number of halogens is 1. The SMILES string of the molecule is Cc1ccccc1CNC(=O)c1c[nH]c2ccc(Cl)cc12. The minimum absolute atomic E-state index is 0.105. The second kappa shape index (κ2) is 5.62. The highest BCUT2D eigenvalue weighted by Gasteiger charge is 2.12. The molecular formula is C17H15ClN2O. The van der Waals surface area contributed by atoms with E-state index in [9.17, 15) is 4.79 Å². The van der Waals surface area contributed by atoms with Crippen LogP contribution in [-0.2, 0) is 6.54 Å². The van der Waals surface area contributed by atoms with Crippen LogP contribution in [-0.4, -0.2) is 10.9 Å². The lowest BCUT2D eigenvalue weighted by molar-refractivity contribution is 0.0952. The van der Waals surface area contributed by atoms with Crippen LogP contribution in [0.3, 0.4) is 0 Å². The molecule has 0 radical (unpaired) electrons. The van der Waals surface area contributed by atoms with Gasteiger partial charge in [-0.15, -0.1) is 0 Å². The Labute approximate surface area is 127 Å². The number of fused-ring (bicyclic) bond motifs is 1. The van der Waals surface area contributed by atoms with E-state index >= 15 is 0 Å². The molecule has 0 aliphatic carbocycles. The summed E-state index contributed by atoms with van der Waals surface area (Å²) in [7, 11) is 0. The maximum absolute atomic E-state index is 12.3. The molecule has 0 saturated carbocycles. The summed E-state index contributed by atoms with van der Waals surface area (Å²) in [5.74, 6) is -0.105. The van der Waals surface area contributed by atoms with E-state index in [4.69, 9.17) is 11.6 Å². The van der Waals surface area contributed by atoms with Crippen molar-refractivity contribution in [2.75, 3.05) is 0 Å². The summed E-state index contributed by atoms with van der Waals surface area (Å²) >= 11 is 6.00. The molecule has 4 heteroatoms. The zero-order chi connectivity index (χ0) is 14.8. The van der Waals surface area contributed by atoms with Crippen LogP contribution in [0.4, 0.5) is 0 Å². The van der Waals surface area contributed by atoms with Crippen molar-refractivity contribution < 1.29 is 4.79 Å². The molecule has 3 rings (SSSR count). The first-order valence-corrected chi connectivity index (χ1v) is 7.12. The Hall–Kier alpha value is -2.26. The number of hydrogen-bond donors (Lipinski definition) is 2. The number of aromatic amines is 1. The fourth-order valence-corrected chi connectivity index (χ4v) is 2.53. The number of H-pyrrole nitrogens is 1. The van der Waals surface area contributed by atoms with Crippen LogP contribution in [0.1, 0.15) is 21.5 Å². The monoisotopic (exact) mass is 298 g/mol. The molecule has 0 unspecified atom stereocenters. The smallest absolute Gasteiger partial charge is 0.253 e. The summed E-state index contributed by atoms with van der Waals surface area (Å²) in [6.45, 7) is 2.55. The van der Waals surface area contributed by atoms with Gasteiger partial charge in [0.1, 0.15) is 0 Å². The Morgan fingerprint density at radius 2 is 2.05 bits per heavy atom. The molecule has 106 valence electrons.